The number of hydrogen-bond donors (Lipinski definition) is 1. The van der Waals surface area contributed by atoms with Gasteiger partial charge in [-0.1, -0.05) is 31.5 Å². The van der Waals surface area contributed by atoms with Crippen LogP contribution in [0.5, 0.6) is 5.75 Å². The number of hydrogen-bond acceptors (Lipinski definition) is 3. The molecule has 2 aromatic rings. The Kier molecular flexibility index (Phi) is 5.10. The van der Waals surface area contributed by atoms with Crippen LogP contribution in [0.25, 0.3) is 0 Å². The molecule has 1 aromatic carbocycles. The van der Waals surface area contributed by atoms with Crippen molar-refractivity contribution in [2.75, 3.05) is 0 Å². The van der Waals surface area contributed by atoms with Gasteiger partial charge >= 0.3 is 0 Å². The maximum Gasteiger partial charge on any atom is 0.146 e. The summed E-state index contributed by atoms with van der Waals surface area (Å²) in [6.45, 7) is 7.40. The SMILES string of the molecule is Cc1ccc(OCc2cc(CNC(C)C)co2)c(Cl)c1. The summed E-state index contributed by atoms with van der Waals surface area (Å²) in [4.78, 5) is 0. The molecule has 0 amide bonds. The fourth-order valence-corrected chi connectivity index (χ4v) is 2.08. The van der Waals surface area contributed by atoms with Crippen LogP contribution in [0.1, 0.15) is 30.7 Å². The Morgan fingerprint density at radius 2 is 2.10 bits per heavy atom. The van der Waals surface area contributed by atoms with E-state index in [-0.39, 0.29) is 0 Å². The Labute approximate surface area is 124 Å². The first-order valence-electron chi connectivity index (χ1n) is 6.73. The van der Waals surface area contributed by atoms with E-state index in [0.29, 0.717) is 23.4 Å². The lowest BCUT2D eigenvalue weighted by Gasteiger charge is -2.06. The molecule has 0 aliphatic heterocycles. The minimum atomic E-state index is 0.379. The van der Waals surface area contributed by atoms with Crippen molar-refractivity contribution in [3.05, 3.63) is 52.4 Å². The van der Waals surface area contributed by atoms with Crippen LogP contribution in [0.3, 0.4) is 0 Å². The quantitative estimate of drug-likeness (QED) is 0.861. The van der Waals surface area contributed by atoms with Crippen LogP contribution in [0.2, 0.25) is 5.02 Å². The van der Waals surface area contributed by atoms with Gasteiger partial charge in [-0.3, -0.25) is 0 Å². The molecule has 0 saturated carbocycles. The van der Waals surface area contributed by atoms with Crippen molar-refractivity contribution in [2.45, 2.75) is 40.0 Å². The molecular formula is C16H20ClNO2. The number of halogens is 1. The highest BCUT2D eigenvalue weighted by Gasteiger charge is 2.06. The highest BCUT2D eigenvalue weighted by molar-refractivity contribution is 6.32. The molecule has 0 radical (unpaired) electrons. The molecule has 1 aromatic heterocycles. The Hall–Kier alpha value is -1.45. The Balaban J connectivity index is 1.90. The highest BCUT2D eigenvalue weighted by Crippen LogP contribution is 2.26. The van der Waals surface area contributed by atoms with Crippen LogP contribution in [-0.4, -0.2) is 6.04 Å². The molecule has 0 aliphatic rings. The first-order chi connectivity index (χ1) is 9.54. The van der Waals surface area contributed by atoms with Crippen LogP contribution in [0.4, 0.5) is 0 Å². The van der Waals surface area contributed by atoms with Gasteiger partial charge < -0.3 is 14.5 Å². The van der Waals surface area contributed by atoms with E-state index in [9.17, 15) is 0 Å². The van der Waals surface area contributed by atoms with E-state index in [1.54, 1.807) is 6.26 Å². The van der Waals surface area contributed by atoms with E-state index >= 15 is 0 Å². The van der Waals surface area contributed by atoms with Gasteiger partial charge in [0.25, 0.3) is 0 Å². The van der Waals surface area contributed by atoms with Crippen LogP contribution in [0.15, 0.2) is 34.9 Å². The molecule has 4 heteroatoms. The van der Waals surface area contributed by atoms with Gasteiger partial charge in [0, 0.05) is 18.2 Å². The van der Waals surface area contributed by atoms with Gasteiger partial charge in [-0.15, -0.1) is 0 Å². The van der Waals surface area contributed by atoms with Crippen molar-refractivity contribution in [1.82, 2.24) is 5.32 Å². The molecule has 0 atom stereocenters. The Morgan fingerprint density at radius 1 is 1.30 bits per heavy atom. The first kappa shape index (κ1) is 14.9. The maximum atomic E-state index is 6.12. The zero-order chi connectivity index (χ0) is 14.5. The largest absolute Gasteiger partial charge is 0.484 e. The lowest BCUT2D eigenvalue weighted by atomic mass is 10.2. The van der Waals surface area contributed by atoms with Crippen molar-refractivity contribution in [2.24, 2.45) is 0 Å². The fraction of sp³-hybridized carbons (Fsp3) is 0.375. The standard InChI is InChI=1S/C16H20ClNO2/c1-11(2)18-8-13-7-14(19-9-13)10-20-16-5-4-12(3)6-15(16)17/h4-7,9,11,18H,8,10H2,1-3H3. The van der Waals surface area contributed by atoms with Crippen LogP contribution < -0.4 is 10.1 Å². The Bertz CT molecular complexity index is 563. The van der Waals surface area contributed by atoms with Gasteiger partial charge in [0.05, 0.1) is 11.3 Å². The number of nitrogens with one attached hydrogen (secondary N) is 1. The smallest absolute Gasteiger partial charge is 0.146 e. The van der Waals surface area contributed by atoms with Gasteiger partial charge in [-0.2, -0.15) is 0 Å². The molecule has 1 N–H and O–H groups in total. The Morgan fingerprint density at radius 3 is 2.80 bits per heavy atom. The summed E-state index contributed by atoms with van der Waals surface area (Å²) >= 11 is 6.12. The molecule has 20 heavy (non-hydrogen) atoms. The third-order valence-corrected chi connectivity index (χ3v) is 3.18. The third-order valence-electron chi connectivity index (χ3n) is 2.88. The summed E-state index contributed by atoms with van der Waals surface area (Å²) < 4.78 is 11.1. The second-order valence-corrected chi connectivity index (χ2v) is 5.59. The molecule has 0 unspecified atom stereocenters. The van der Waals surface area contributed by atoms with Gasteiger partial charge in [-0.05, 0) is 30.7 Å². The number of benzene rings is 1. The fourth-order valence-electron chi connectivity index (χ4n) is 1.79. The van der Waals surface area contributed by atoms with E-state index in [2.05, 4.69) is 19.2 Å². The van der Waals surface area contributed by atoms with Gasteiger partial charge in [0.1, 0.15) is 18.1 Å². The van der Waals surface area contributed by atoms with Crippen molar-refractivity contribution in [3.8, 4) is 5.75 Å². The number of ether oxygens (including phenoxy) is 1. The topological polar surface area (TPSA) is 34.4 Å². The van der Waals surface area contributed by atoms with Crippen LogP contribution in [0, 0.1) is 6.92 Å². The van der Waals surface area contributed by atoms with E-state index < -0.39 is 0 Å². The predicted octanol–water partition coefficient (Wildman–Crippen LogP) is 4.32. The summed E-state index contributed by atoms with van der Waals surface area (Å²) in [6, 6.07) is 8.19. The molecule has 0 spiro atoms. The summed E-state index contributed by atoms with van der Waals surface area (Å²) in [5, 5.41) is 3.97. The third kappa shape index (κ3) is 4.29. The van der Waals surface area contributed by atoms with E-state index in [1.165, 1.54) is 0 Å². The lowest BCUT2D eigenvalue weighted by Crippen LogP contribution is -2.21. The molecule has 0 fully saturated rings. The summed E-state index contributed by atoms with van der Waals surface area (Å²) in [6.07, 6.45) is 1.75. The van der Waals surface area contributed by atoms with Crippen molar-refractivity contribution < 1.29 is 9.15 Å². The molecular weight excluding hydrogens is 274 g/mol. The molecule has 0 bridgehead atoms. The first-order valence-corrected chi connectivity index (χ1v) is 7.11. The number of rotatable bonds is 6. The molecule has 2 rings (SSSR count). The summed E-state index contributed by atoms with van der Waals surface area (Å²) in [5.41, 5.74) is 2.23. The van der Waals surface area contributed by atoms with E-state index in [1.807, 2.05) is 31.2 Å². The highest BCUT2D eigenvalue weighted by atomic mass is 35.5. The zero-order valence-corrected chi connectivity index (χ0v) is 12.8. The zero-order valence-electron chi connectivity index (χ0n) is 12.1. The molecule has 0 aliphatic carbocycles. The summed E-state index contributed by atoms with van der Waals surface area (Å²) in [5.74, 6) is 1.47. The lowest BCUT2D eigenvalue weighted by molar-refractivity contribution is 0.270. The van der Waals surface area contributed by atoms with Crippen LogP contribution >= 0.6 is 11.6 Å². The monoisotopic (exact) mass is 293 g/mol. The summed E-state index contributed by atoms with van der Waals surface area (Å²) in [7, 11) is 0. The van der Waals surface area contributed by atoms with Crippen molar-refractivity contribution in [1.29, 1.82) is 0 Å². The van der Waals surface area contributed by atoms with E-state index in [0.717, 1.165) is 23.4 Å². The number of aryl methyl sites for hydroxylation is 1. The normalized spacial score (nSPS) is 11.1. The average Bonchev–Trinajstić information content (AvgIpc) is 2.83. The minimum absolute atomic E-state index is 0.379. The average molecular weight is 294 g/mol. The van der Waals surface area contributed by atoms with Gasteiger partial charge in [0.2, 0.25) is 0 Å². The minimum Gasteiger partial charge on any atom is -0.484 e. The molecule has 0 saturated heterocycles. The maximum absolute atomic E-state index is 6.12. The molecule has 1 heterocycles. The predicted molar refractivity (Wildman–Crippen MR) is 81.2 cm³/mol. The second kappa shape index (κ2) is 6.82. The van der Waals surface area contributed by atoms with E-state index in [4.69, 9.17) is 20.8 Å². The molecule has 108 valence electrons. The molecule has 3 nitrogen and oxygen atoms in total. The second-order valence-electron chi connectivity index (χ2n) is 5.18. The van der Waals surface area contributed by atoms with Crippen molar-refractivity contribution in [3.63, 3.8) is 0 Å². The van der Waals surface area contributed by atoms with Gasteiger partial charge in [-0.25, -0.2) is 0 Å². The number of furan rings is 1. The van der Waals surface area contributed by atoms with Crippen LogP contribution in [-0.2, 0) is 13.2 Å². The van der Waals surface area contributed by atoms with Crippen molar-refractivity contribution >= 4 is 11.6 Å². The van der Waals surface area contributed by atoms with Gasteiger partial charge in [0.15, 0.2) is 0 Å².